The molecule has 2 saturated heterocycles. The maximum Gasteiger partial charge on any atom is 0.272 e. The number of benzene rings is 2. The molecule has 7 heterocycles. The minimum atomic E-state index is -0.239. The molecular weight excluding hydrogens is 868 g/mol. The van der Waals surface area contributed by atoms with Crippen LogP contribution in [0, 0.1) is 11.3 Å². The number of carbonyl (C=O) groups is 2. The molecule has 0 radical (unpaired) electrons. The van der Waals surface area contributed by atoms with Crippen LogP contribution in [-0.4, -0.2) is 111 Å². The Bertz CT molecular complexity index is 2790. The van der Waals surface area contributed by atoms with E-state index in [0.29, 0.717) is 53.9 Å². The number of aromatic nitrogens is 6. The van der Waals surface area contributed by atoms with Crippen LogP contribution < -0.4 is 25.6 Å². The Balaban J connectivity index is 0.675. The van der Waals surface area contributed by atoms with Crippen molar-refractivity contribution in [3.63, 3.8) is 0 Å². The Morgan fingerprint density at radius 3 is 2.52 bits per heavy atom. The highest BCUT2D eigenvalue weighted by atomic mass is 35.5. The molecule has 0 spiro atoms. The normalized spacial score (nSPS) is 18.8. The molecule has 3 fully saturated rings. The van der Waals surface area contributed by atoms with Gasteiger partial charge in [0.1, 0.15) is 23.5 Å². The van der Waals surface area contributed by atoms with Crippen LogP contribution in [-0.2, 0) is 22.5 Å². The van der Waals surface area contributed by atoms with Gasteiger partial charge in [-0.15, -0.1) is 10.2 Å². The predicted molar refractivity (Wildman–Crippen MR) is 255 cm³/mol. The van der Waals surface area contributed by atoms with E-state index in [1.165, 1.54) is 5.69 Å². The summed E-state index contributed by atoms with van der Waals surface area (Å²) in [5.74, 6) is 2.03. The number of anilines is 2. The second-order valence-electron chi connectivity index (χ2n) is 17.9. The SMILES string of the molecule is CC(=O)N1CCc2c(c(-c3cccc4cc(-c5ccc(N6CC(NCCNc7ccc(C(=O)NC8CCC(Oc9ccc(C#N)c(Cl)c9)CC8)nn7)C6)nc5)ncc34)nn2C2CCOCC2)C1. The molecule has 4 aromatic heterocycles. The molecule has 67 heavy (non-hydrogen) atoms. The highest BCUT2D eigenvalue weighted by molar-refractivity contribution is 6.31. The van der Waals surface area contributed by atoms with E-state index in [2.05, 4.69) is 78.2 Å². The third kappa shape index (κ3) is 9.76. The summed E-state index contributed by atoms with van der Waals surface area (Å²) < 4.78 is 14.0. The Hall–Kier alpha value is -6.67. The van der Waals surface area contributed by atoms with Crippen LogP contribution in [0.2, 0.25) is 5.02 Å². The highest BCUT2D eigenvalue weighted by Crippen LogP contribution is 2.38. The van der Waals surface area contributed by atoms with Crippen LogP contribution in [0.25, 0.3) is 33.3 Å². The van der Waals surface area contributed by atoms with Crippen molar-refractivity contribution in [3.8, 4) is 34.3 Å². The van der Waals surface area contributed by atoms with Crippen molar-refractivity contribution in [2.24, 2.45) is 0 Å². The smallest absolute Gasteiger partial charge is 0.272 e. The first-order valence-electron chi connectivity index (χ1n) is 23.3. The molecule has 10 rings (SSSR count). The Kier molecular flexibility index (Phi) is 13.0. The van der Waals surface area contributed by atoms with Crippen molar-refractivity contribution in [2.75, 3.05) is 56.2 Å². The van der Waals surface area contributed by atoms with E-state index in [0.717, 1.165) is 122 Å². The van der Waals surface area contributed by atoms with Crippen LogP contribution >= 0.6 is 11.6 Å². The second-order valence-corrected chi connectivity index (χ2v) is 18.3. The van der Waals surface area contributed by atoms with Crippen molar-refractivity contribution in [1.82, 2.24) is 45.5 Å². The Morgan fingerprint density at radius 1 is 0.925 bits per heavy atom. The zero-order valence-electron chi connectivity index (χ0n) is 37.5. The number of pyridine rings is 2. The maximum absolute atomic E-state index is 12.9. The second kappa shape index (κ2) is 19.7. The number of hydrogen-bond donors (Lipinski definition) is 3. The van der Waals surface area contributed by atoms with Crippen LogP contribution in [0.15, 0.2) is 79.1 Å². The number of halogens is 1. The lowest BCUT2D eigenvalue weighted by Crippen LogP contribution is -2.59. The number of nitrogens with one attached hydrogen (secondary N) is 3. The van der Waals surface area contributed by atoms with Gasteiger partial charge in [-0.25, -0.2) is 4.98 Å². The van der Waals surface area contributed by atoms with Gasteiger partial charge in [0.15, 0.2) is 5.69 Å². The van der Waals surface area contributed by atoms with Gasteiger partial charge in [-0.3, -0.25) is 19.3 Å². The van der Waals surface area contributed by atoms with E-state index in [4.69, 9.17) is 41.4 Å². The number of rotatable bonds is 13. The number of ether oxygens (including phenoxy) is 2. The lowest BCUT2D eigenvalue weighted by Gasteiger charge is -2.40. The molecule has 16 nitrogen and oxygen atoms in total. The summed E-state index contributed by atoms with van der Waals surface area (Å²) in [7, 11) is 0. The van der Waals surface area contributed by atoms with Gasteiger partial charge < -0.3 is 35.2 Å². The third-order valence-corrected chi connectivity index (χ3v) is 13.8. The molecule has 3 aliphatic heterocycles. The molecule has 3 N–H and O–H groups in total. The van der Waals surface area contributed by atoms with E-state index >= 15 is 0 Å². The molecule has 0 bridgehead atoms. The summed E-state index contributed by atoms with van der Waals surface area (Å²) in [5.41, 5.74) is 6.84. The maximum atomic E-state index is 12.9. The van der Waals surface area contributed by atoms with Crippen molar-refractivity contribution >= 4 is 45.8 Å². The van der Waals surface area contributed by atoms with E-state index in [1.54, 1.807) is 37.3 Å². The van der Waals surface area contributed by atoms with Crippen molar-refractivity contribution in [1.29, 1.82) is 5.26 Å². The molecule has 17 heteroatoms. The van der Waals surface area contributed by atoms with Crippen LogP contribution in [0.3, 0.4) is 0 Å². The average molecular weight is 922 g/mol. The summed E-state index contributed by atoms with van der Waals surface area (Å²) in [5, 5.41) is 35.2. The average Bonchev–Trinajstić information content (AvgIpc) is 3.73. The van der Waals surface area contributed by atoms with Gasteiger partial charge in [-0.2, -0.15) is 10.4 Å². The summed E-state index contributed by atoms with van der Waals surface area (Å²) in [6, 6.07) is 23.9. The van der Waals surface area contributed by atoms with E-state index in [1.807, 2.05) is 17.3 Å². The molecule has 2 amide bonds. The highest BCUT2D eigenvalue weighted by Gasteiger charge is 2.32. The molecule has 0 unspecified atom stereocenters. The molecule has 1 aliphatic carbocycles. The fourth-order valence-electron chi connectivity index (χ4n) is 9.67. The summed E-state index contributed by atoms with van der Waals surface area (Å²) >= 11 is 6.15. The van der Waals surface area contributed by atoms with Crippen LogP contribution in [0.4, 0.5) is 11.6 Å². The number of nitriles is 1. The minimum Gasteiger partial charge on any atom is -0.490 e. The van der Waals surface area contributed by atoms with Crippen LogP contribution in [0.1, 0.15) is 78.8 Å². The number of hydrogen-bond acceptors (Lipinski definition) is 13. The summed E-state index contributed by atoms with van der Waals surface area (Å²) in [6.45, 7) is 7.49. The molecule has 344 valence electrons. The van der Waals surface area contributed by atoms with Crippen molar-refractivity contribution < 1.29 is 19.1 Å². The zero-order chi connectivity index (χ0) is 45.9. The van der Waals surface area contributed by atoms with Gasteiger partial charge in [-0.05, 0) is 86.4 Å². The van der Waals surface area contributed by atoms with Gasteiger partial charge in [0.25, 0.3) is 5.91 Å². The largest absolute Gasteiger partial charge is 0.490 e. The lowest BCUT2D eigenvalue weighted by molar-refractivity contribution is -0.129. The van der Waals surface area contributed by atoms with E-state index < -0.39 is 0 Å². The van der Waals surface area contributed by atoms with Crippen molar-refractivity contribution in [2.45, 2.75) is 82.6 Å². The molecule has 6 aromatic rings. The number of fused-ring (bicyclic) bond motifs is 2. The van der Waals surface area contributed by atoms with Gasteiger partial charge >= 0.3 is 0 Å². The molecular formula is C50H53ClN12O4. The molecule has 0 atom stereocenters. The number of carbonyl (C=O) groups excluding carboxylic acids is 2. The molecule has 2 aromatic carbocycles. The topological polar surface area (TPSA) is 188 Å². The Morgan fingerprint density at radius 2 is 1.78 bits per heavy atom. The van der Waals surface area contributed by atoms with Crippen LogP contribution in [0.5, 0.6) is 5.75 Å². The summed E-state index contributed by atoms with van der Waals surface area (Å²) in [6.07, 6.45) is 9.69. The summed E-state index contributed by atoms with van der Waals surface area (Å²) in [4.78, 5) is 39.3. The Labute approximate surface area is 394 Å². The van der Waals surface area contributed by atoms with Gasteiger partial charge in [0.05, 0.1) is 34.1 Å². The fourth-order valence-corrected chi connectivity index (χ4v) is 9.88. The minimum absolute atomic E-state index is 0.0224. The first-order chi connectivity index (χ1) is 32.8. The van der Waals surface area contributed by atoms with E-state index in [-0.39, 0.29) is 29.7 Å². The van der Waals surface area contributed by atoms with E-state index in [9.17, 15) is 9.59 Å². The first kappa shape index (κ1) is 44.2. The predicted octanol–water partition coefficient (Wildman–Crippen LogP) is 6.74. The standard InChI is InChI=1S/C50H53ClN12O4/c1-31(64)61-20-15-46-42(30-61)49(60-63(46)37-16-21-66-22-17-37)40-4-2-3-32-23-45(55-27-41(32)40)34-6-14-48(56-26-34)62-28-36(29-62)53-18-19-54-47-13-12-44(58-59-47)50(65)57-35-7-10-38(11-8-35)67-39-9-5-33(25-52)43(51)24-39/h2-6,9,12-14,23-24,26-27,35-38,53H,7-8,10-11,15-22,28-30H2,1H3,(H,54,59)(H,57,65). The quantitative estimate of drug-likeness (QED) is 0.103. The fraction of sp³-hybridized carbons (Fsp3) is 0.400. The molecule has 1 saturated carbocycles. The lowest BCUT2D eigenvalue weighted by atomic mass is 9.93. The zero-order valence-corrected chi connectivity index (χ0v) is 38.2. The monoisotopic (exact) mass is 920 g/mol. The van der Waals surface area contributed by atoms with Gasteiger partial charge in [0, 0.05) is 124 Å². The first-order valence-corrected chi connectivity index (χ1v) is 23.7. The van der Waals surface area contributed by atoms with Gasteiger partial charge in [0.2, 0.25) is 5.91 Å². The number of amides is 2. The van der Waals surface area contributed by atoms with Crippen molar-refractivity contribution in [3.05, 3.63) is 107 Å². The van der Waals surface area contributed by atoms with Gasteiger partial charge in [-0.1, -0.05) is 29.8 Å². The third-order valence-electron chi connectivity index (χ3n) is 13.5. The number of nitrogens with zero attached hydrogens (tertiary/aromatic N) is 9. The molecule has 4 aliphatic rings.